The second-order valence-electron chi connectivity index (χ2n) is 4.54. The first kappa shape index (κ1) is 13.4. The van der Waals surface area contributed by atoms with Gasteiger partial charge in [0.05, 0.1) is 11.0 Å². The molecule has 1 aromatic heterocycles. The number of aryl methyl sites for hydroxylation is 1. The van der Waals surface area contributed by atoms with Gasteiger partial charge in [-0.05, 0) is 37.6 Å². The van der Waals surface area contributed by atoms with Gasteiger partial charge in [-0.3, -0.25) is 0 Å². The van der Waals surface area contributed by atoms with Crippen molar-refractivity contribution in [3.05, 3.63) is 23.8 Å². The van der Waals surface area contributed by atoms with Crippen LogP contribution in [0.25, 0.3) is 11.0 Å². The lowest BCUT2D eigenvalue weighted by molar-refractivity contribution is 0.560. The first-order valence-electron chi connectivity index (χ1n) is 6.55. The van der Waals surface area contributed by atoms with Crippen LogP contribution in [0.5, 0.6) is 0 Å². The fourth-order valence-corrected chi connectivity index (χ4v) is 3.02. The first-order valence-corrected chi connectivity index (χ1v) is 7.54. The van der Waals surface area contributed by atoms with Gasteiger partial charge in [-0.15, -0.1) is 0 Å². The van der Waals surface area contributed by atoms with Gasteiger partial charge in [0, 0.05) is 11.8 Å². The summed E-state index contributed by atoms with van der Waals surface area (Å²) in [6.45, 7) is 7.50. The predicted molar refractivity (Wildman–Crippen MR) is 79.3 cm³/mol. The van der Waals surface area contributed by atoms with Crippen LogP contribution in [-0.2, 0) is 0 Å². The third-order valence-corrected chi connectivity index (χ3v) is 4.06. The Kier molecular flexibility index (Phi) is 4.66. The van der Waals surface area contributed by atoms with Gasteiger partial charge in [0.15, 0.2) is 5.16 Å². The summed E-state index contributed by atoms with van der Waals surface area (Å²) in [5.41, 5.74) is 3.45. The standard InChI is InChI=1S/C14H21N3S/c1-4-11(15-5-2)9-18-14-16-12-7-6-10(3)8-13(12)17-14/h6-8,11,15H,4-5,9H2,1-3H3,(H,16,17). The minimum Gasteiger partial charge on any atom is -0.333 e. The second-order valence-corrected chi connectivity index (χ2v) is 5.55. The fourth-order valence-electron chi connectivity index (χ4n) is 1.96. The fraction of sp³-hybridized carbons (Fsp3) is 0.500. The molecule has 2 N–H and O–H groups in total. The molecule has 2 aromatic rings. The van der Waals surface area contributed by atoms with E-state index in [9.17, 15) is 0 Å². The van der Waals surface area contributed by atoms with Crippen molar-refractivity contribution in [1.82, 2.24) is 15.3 Å². The zero-order chi connectivity index (χ0) is 13.0. The van der Waals surface area contributed by atoms with Crippen molar-refractivity contribution >= 4 is 22.8 Å². The summed E-state index contributed by atoms with van der Waals surface area (Å²) in [5.74, 6) is 1.06. The highest BCUT2D eigenvalue weighted by atomic mass is 32.2. The van der Waals surface area contributed by atoms with Crippen molar-refractivity contribution in [1.29, 1.82) is 0 Å². The molecule has 0 aliphatic carbocycles. The lowest BCUT2D eigenvalue weighted by atomic mass is 10.2. The van der Waals surface area contributed by atoms with Crippen molar-refractivity contribution in [3.63, 3.8) is 0 Å². The van der Waals surface area contributed by atoms with Crippen molar-refractivity contribution < 1.29 is 0 Å². The third-order valence-electron chi connectivity index (χ3n) is 3.02. The molecule has 0 spiro atoms. The topological polar surface area (TPSA) is 40.7 Å². The van der Waals surface area contributed by atoms with Crippen LogP contribution in [-0.4, -0.2) is 28.3 Å². The maximum atomic E-state index is 4.60. The minimum absolute atomic E-state index is 0.565. The summed E-state index contributed by atoms with van der Waals surface area (Å²) >= 11 is 1.80. The van der Waals surface area contributed by atoms with Crippen molar-refractivity contribution in [2.45, 2.75) is 38.4 Å². The summed E-state index contributed by atoms with van der Waals surface area (Å²) in [5, 5.41) is 4.50. The van der Waals surface area contributed by atoms with Crippen molar-refractivity contribution in [3.8, 4) is 0 Å². The van der Waals surface area contributed by atoms with E-state index in [4.69, 9.17) is 0 Å². The van der Waals surface area contributed by atoms with E-state index >= 15 is 0 Å². The summed E-state index contributed by atoms with van der Waals surface area (Å²) < 4.78 is 0. The average molecular weight is 263 g/mol. The molecule has 1 atom stereocenters. The number of nitrogens with zero attached hydrogens (tertiary/aromatic N) is 1. The Labute approximate surface area is 113 Å². The maximum Gasteiger partial charge on any atom is 0.166 e. The highest BCUT2D eigenvalue weighted by molar-refractivity contribution is 7.99. The first-order chi connectivity index (χ1) is 8.72. The van der Waals surface area contributed by atoms with Gasteiger partial charge in [0.2, 0.25) is 0 Å². The van der Waals surface area contributed by atoms with Crippen LogP contribution in [0.15, 0.2) is 23.4 Å². The van der Waals surface area contributed by atoms with Gasteiger partial charge < -0.3 is 10.3 Å². The number of fused-ring (bicyclic) bond motifs is 1. The molecular formula is C14H21N3S. The number of nitrogens with one attached hydrogen (secondary N) is 2. The van der Waals surface area contributed by atoms with E-state index in [0.717, 1.165) is 34.9 Å². The zero-order valence-electron chi connectivity index (χ0n) is 11.3. The molecule has 0 fully saturated rings. The Bertz CT molecular complexity index is 507. The molecule has 2 rings (SSSR count). The van der Waals surface area contributed by atoms with Gasteiger partial charge in [-0.25, -0.2) is 4.98 Å². The minimum atomic E-state index is 0.565. The molecule has 0 aliphatic heterocycles. The Hall–Kier alpha value is -1.00. The molecule has 3 nitrogen and oxygen atoms in total. The zero-order valence-corrected chi connectivity index (χ0v) is 12.1. The van der Waals surface area contributed by atoms with Gasteiger partial charge >= 0.3 is 0 Å². The van der Waals surface area contributed by atoms with Crippen LogP contribution in [0.2, 0.25) is 0 Å². The number of aromatic nitrogens is 2. The second kappa shape index (κ2) is 6.25. The van der Waals surface area contributed by atoms with E-state index in [2.05, 4.69) is 54.3 Å². The largest absolute Gasteiger partial charge is 0.333 e. The Balaban J connectivity index is 2.03. The number of benzene rings is 1. The molecule has 98 valence electrons. The summed E-state index contributed by atoms with van der Waals surface area (Å²) in [6.07, 6.45) is 1.15. The molecule has 1 heterocycles. The summed E-state index contributed by atoms with van der Waals surface area (Å²) in [6, 6.07) is 6.89. The molecular weight excluding hydrogens is 242 g/mol. The summed E-state index contributed by atoms with van der Waals surface area (Å²) in [4.78, 5) is 7.98. The highest BCUT2D eigenvalue weighted by Crippen LogP contribution is 2.21. The van der Waals surface area contributed by atoms with Crippen LogP contribution in [0.4, 0.5) is 0 Å². The van der Waals surface area contributed by atoms with Gasteiger partial charge in [-0.1, -0.05) is 31.7 Å². The van der Waals surface area contributed by atoms with Crippen LogP contribution in [0, 0.1) is 6.92 Å². The maximum absolute atomic E-state index is 4.60. The van der Waals surface area contributed by atoms with Crippen LogP contribution in [0.1, 0.15) is 25.8 Å². The molecule has 0 aliphatic rings. The number of H-pyrrole nitrogens is 1. The van der Waals surface area contributed by atoms with E-state index in [0.29, 0.717) is 6.04 Å². The van der Waals surface area contributed by atoms with Crippen molar-refractivity contribution in [2.75, 3.05) is 12.3 Å². The lowest BCUT2D eigenvalue weighted by Gasteiger charge is -2.13. The number of aromatic amines is 1. The molecule has 0 saturated carbocycles. The molecule has 1 unspecified atom stereocenters. The van der Waals surface area contributed by atoms with Gasteiger partial charge in [0.1, 0.15) is 0 Å². The highest BCUT2D eigenvalue weighted by Gasteiger charge is 2.08. The number of rotatable bonds is 6. The smallest absolute Gasteiger partial charge is 0.166 e. The molecule has 0 bridgehead atoms. The normalized spacial score (nSPS) is 13.1. The number of thioether (sulfide) groups is 1. The van der Waals surface area contributed by atoms with Crippen molar-refractivity contribution in [2.24, 2.45) is 0 Å². The van der Waals surface area contributed by atoms with E-state index in [1.807, 2.05) is 0 Å². The molecule has 0 amide bonds. The van der Waals surface area contributed by atoms with Crippen LogP contribution in [0.3, 0.4) is 0 Å². The lowest BCUT2D eigenvalue weighted by Crippen LogP contribution is -2.30. The number of hydrogen-bond donors (Lipinski definition) is 2. The van der Waals surface area contributed by atoms with E-state index in [-0.39, 0.29) is 0 Å². The quantitative estimate of drug-likeness (QED) is 0.785. The van der Waals surface area contributed by atoms with E-state index in [1.54, 1.807) is 11.8 Å². The average Bonchev–Trinajstić information content (AvgIpc) is 2.76. The van der Waals surface area contributed by atoms with E-state index < -0.39 is 0 Å². The SMILES string of the molecule is CCNC(CC)CSc1nc2ccc(C)cc2[nH]1. The Morgan fingerprint density at radius 1 is 1.39 bits per heavy atom. The molecule has 1 aromatic carbocycles. The molecule has 4 heteroatoms. The van der Waals surface area contributed by atoms with E-state index in [1.165, 1.54) is 5.56 Å². The van der Waals surface area contributed by atoms with Crippen LogP contribution >= 0.6 is 11.8 Å². The van der Waals surface area contributed by atoms with Crippen LogP contribution < -0.4 is 5.32 Å². The predicted octanol–water partition coefficient (Wildman–Crippen LogP) is 3.35. The Morgan fingerprint density at radius 3 is 2.94 bits per heavy atom. The Morgan fingerprint density at radius 2 is 2.22 bits per heavy atom. The van der Waals surface area contributed by atoms with Gasteiger partial charge in [-0.2, -0.15) is 0 Å². The molecule has 0 saturated heterocycles. The van der Waals surface area contributed by atoms with Gasteiger partial charge in [0.25, 0.3) is 0 Å². The third kappa shape index (κ3) is 3.27. The number of imidazole rings is 1. The molecule has 0 radical (unpaired) electrons. The molecule has 18 heavy (non-hydrogen) atoms. The summed E-state index contributed by atoms with van der Waals surface area (Å²) in [7, 11) is 0. The monoisotopic (exact) mass is 263 g/mol. The number of hydrogen-bond acceptors (Lipinski definition) is 3.